The van der Waals surface area contributed by atoms with Crippen molar-refractivity contribution in [3.63, 3.8) is 0 Å². The molecule has 8 nitrogen and oxygen atoms in total. The fourth-order valence-corrected chi connectivity index (χ4v) is 6.09. The highest BCUT2D eigenvalue weighted by molar-refractivity contribution is 7.53. The third-order valence-electron chi connectivity index (χ3n) is 5.23. The van der Waals surface area contributed by atoms with Crippen LogP contribution in [0.5, 0.6) is 0 Å². The molecular formula is C14H24B3O8P2. The molecule has 13 heteroatoms. The smallest absolute Gasteiger partial charge is 0.328 e. The van der Waals surface area contributed by atoms with E-state index in [-0.39, 0.29) is 25.0 Å². The summed E-state index contributed by atoms with van der Waals surface area (Å²) in [7, 11) is 6.09. The summed E-state index contributed by atoms with van der Waals surface area (Å²) in [6, 6.07) is -1.03. The molecule has 0 aliphatic carbocycles. The Morgan fingerprint density at radius 1 is 0.889 bits per heavy atom. The normalized spacial score (nSPS) is 54.4. The van der Waals surface area contributed by atoms with Crippen LogP contribution in [0.3, 0.4) is 0 Å². The first-order chi connectivity index (χ1) is 12.5. The van der Waals surface area contributed by atoms with Crippen LogP contribution in [-0.4, -0.2) is 85.7 Å². The summed E-state index contributed by atoms with van der Waals surface area (Å²) in [5.74, 6) is -0.438. The fraction of sp³-hybridized carbons (Fsp3) is 1.00. The number of rotatable bonds is 1. The second kappa shape index (κ2) is 8.27. The van der Waals surface area contributed by atoms with Gasteiger partial charge in [0.1, 0.15) is 20.1 Å². The lowest BCUT2D eigenvalue weighted by Crippen LogP contribution is -2.35. The molecular weight excluding hydrogens is 391 g/mol. The average Bonchev–Trinajstić information content (AvgIpc) is 3.02. The lowest BCUT2D eigenvalue weighted by atomic mass is 9.49. The summed E-state index contributed by atoms with van der Waals surface area (Å²) in [5.41, 5.74) is 0. The van der Waals surface area contributed by atoms with Crippen molar-refractivity contribution in [3.8, 4) is 0 Å². The van der Waals surface area contributed by atoms with Crippen molar-refractivity contribution >= 4 is 37.9 Å². The third kappa shape index (κ3) is 4.95. The Morgan fingerprint density at radius 2 is 1.37 bits per heavy atom. The maximum absolute atomic E-state index is 12.9. The van der Waals surface area contributed by atoms with E-state index in [4.69, 9.17) is 43.2 Å². The largest absolute Gasteiger partial charge is 0.379 e. The van der Waals surface area contributed by atoms with Gasteiger partial charge in [-0.05, 0) is 0 Å². The molecule has 0 saturated carbocycles. The van der Waals surface area contributed by atoms with Crippen LogP contribution in [0.1, 0.15) is 13.8 Å². The van der Waals surface area contributed by atoms with Crippen molar-refractivity contribution in [1.29, 1.82) is 0 Å². The highest BCUT2D eigenvalue weighted by atomic mass is 31.2. The van der Waals surface area contributed by atoms with Crippen molar-refractivity contribution in [2.45, 2.75) is 50.3 Å². The molecule has 3 aliphatic heterocycles. The van der Waals surface area contributed by atoms with E-state index >= 15 is 0 Å². The second-order valence-electron chi connectivity index (χ2n) is 7.46. The molecule has 3 heterocycles. The highest BCUT2D eigenvalue weighted by Gasteiger charge is 2.48. The quantitative estimate of drug-likeness (QED) is 0.466. The molecule has 0 N–H and O–H groups in total. The van der Waals surface area contributed by atoms with Crippen molar-refractivity contribution < 1.29 is 36.7 Å². The molecule has 3 saturated heterocycles. The van der Waals surface area contributed by atoms with Crippen LogP contribution in [-0.2, 0) is 36.7 Å². The molecule has 10 atom stereocenters. The molecule has 0 aromatic heterocycles. The first-order valence-electron chi connectivity index (χ1n) is 8.95. The van der Waals surface area contributed by atoms with Crippen molar-refractivity contribution in [1.82, 2.24) is 0 Å². The third-order valence-corrected chi connectivity index (χ3v) is 7.72. The van der Waals surface area contributed by atoms with Gasteiger partial charge in [-0.25, -0.2) is 0 Å². The zero-order valence-electron chi connectivity index (χ0n) is 15.9. The molecule has 0 aromatic rings. The van der Waals surface area contributed by atoms with Gasteiger partial charge in [-0.3, -0.25) is 9.13 Å². The van der Waals surface area contributed by atoms with E-state index in [2.05, 4.69) is 0 Å². The Labute approximate surface area is 163 Å². The molecule has 3 fully saturated rings. The van der Waals surface area contributed by atoms with Gasteiger partial charge >= 0.3 is 15.2 Å². The summed E-state index contributed by atoms with van der Waals surface area (Å²) in [4.78, 5) is 0. The molecule has 0 amide bonds. The molecule has 3 aliphatic rings. The number of hydrogen-bond donors (Lipinski definition) is 0. The van der Waals surface area contributed by atoms with Gasteiger partial charge in [-0.15, -0.1) is 0 Å². The lowest BCUT2D eigenvalue weighted by molar-refractivity contribution is -0.0267. The molecule has 5 radical (unpaired) electrons. The lowest BCUT2D eigenvalue weighted by Gasteiger charge is -2.30. The predicted octanol–water partition coefficient (Wildman–Crippen LogP) is 1.13. The van der Waals surface area contributed by atoms with Gasteiger partial charge in [-0.2, -0.15) is 0 Å². The summed E-state index contributed by atoms with van der Waals surface area (Å²) >= 11 is 0. The van der Waals surface area contributed by atoms with Crippen LogP contribution in [0.2, 0.25) is 0 Å². The van der Waals surface area contributed by atoms with Crippen LogP contribution in [0.15, 0.2) is 0 Å². The maximum Gasteiger partial charge on any atom is 0.328 e. The number of fused-ring (bicyclic) bond motifs is 2. The first-order valence-corrected chi connectivity index (χ1v) is 12.9. The number of ether oxygens (including phenoxy) is 2. The van der Waals surface area contributed by atoms with Crippen LogP contribution in [0, 0.1) is 11.8 Å². The minimum atomic E-state index is -3.44. The van der Waals surface area contributed by atoms with Gasteiger partial charge in [0.05, 0.1) is 32.6 Å². The summed E-state index contributed by atoms with van der Waals surface area (Å²) in [6.07, 6.45) is -2.49. The Kier molecular flexibility index (Phi) is 6.77. The summed E-state index contributed by atoms with van der Waals surface area (Å²) in [5, 5.41) is 0. The Morgan fingerprint density at radius 3 is 1.89 bits per heavy atom. The first kappa shape index (κ1) is 22.1. The van der Waals surface area contributed by atoms with Gasteiger partial charge in [0.15, 0.2) is 0 Å². The Hall–Kier alpha value is 0.415. The van der Waals surface area contributed by atoms with Crippen molar-refractivity contribution in [3.05, 3.63) is 0 Å². The van der Waals surface area contributed by atoms with Crippen LogP contribution < -0.4 is 0 Å². The fourth-order valence-electron chi connectivity index (χ4n) is 3.59. The van der Waals surface area contributed by atoms with E-state index < -0.39 is 51.6 Å². The zero-order valence-corrected chi connectivity index (χ0v) is 17.7. The summed E-state index contributed by atoms with van der Waals surface area (Å²) < 4.78 is 59.8. The van der Waals surface area contributed by atoms with Gasteiger partial charge in [0.2, 0.25) is 0 Å². The monoisotopic (exact) mass is 415 g/mol. The molecule has 0 aromatic carbocycles. The molecule has 0 bridgehead atoms. The minimum absolute atomic E-state index is 0.0637. The van der Waals surface area contributed by atoms with E-state index in [1.165, 1.54) is 20.5 Å². The van der Waals surface area contributed by atoms with E-state index in [1.54, 1.807) is 0 Å². The highest BCUT2D eigenvalue weighted by Crippen LogP contribution is 2.53. The van der Waals surface area contributed by atoms with Crippen molar-refractivity contribution in [2.75, 3.05) is 26.5 Å². The van der Waals surface area contributed by atoms with E-state index in [0.29, 0.717) is 0 Å². The summed E-state index contributed by atoms with van der Waals surface area (Å²) in [6.45, 7) is 6.33. The molecule has 4 unspecified atom stereocenters. The Bertz CT molecular complexity index is 639. The van der Waals surface area contributed by atoms with E-state index in [9.17, 15) is 9.13 Å². The van der Waals surface area contributed by atoms with E-state index in [0.717, 1.165) is 0 Å². The Balaban J connectivity index is 1.85. The topological polar surface area (TPSA) is 89.5 Å². The number of hydrogen-bond acceptors (Lipinski definition) is 8. The molecule has 0 spiro atoms. The van der Waals surface area contributed by atoms with Gasteiger partial charge in [0.25, 0.3) is 0 Å². The standard InChI is InChI=1S/C14H24B3O8P2/c1-7-11-9(22-13(7)15)5-20-27(4,19)25-12-8(2)14(17-16)23-10(12)6-21-26(3,18)24-11/h7-14H,5-6H2,1-4H3/t7-,8-,9-,10-,11+,12+,13?,14?,26?,27?/m1/s1. The second-order valence-corrected chi connectivity index (χ2v) is 11.5. The maximum atomic E-state index is 12.9. The van der Waals surface area contributed by atoms with E-state index in [1.807, 2.05) is 13.8 Å². The molecule has 27 heavy (non-hydrogen) atoms. The molecule has 147 valence electrons. The van der Waals surface area contributed by atoms with Crippen LogP contribution in [0.25, 0.3) is 0 Å². The van der Waals surface area contributed by atoms with Gasteiger partial charge in [0, 0.05) is 44.9 Å². The molecule has 3 rings (SSSR count). The zero-order chi connectivity index (χ0) is 20.0. The average molecular weight is 415 g/mol. The van der Waals surface area contributed by atoms with Crippen LogP contribution >= 0.6 is 15.2 Å². The van der Waals surface area contributed by atoms with Crippen molar-refractivity contribution in [2.24, 2.45) is 11.8 Å². The SMILES string of the molecule is [B][B]C1O[C@@H]2COP(C)(=O)O[C@@H]3[C@@H](COP(C)(=O)O[C@H]2[C@H]1C)OC([B])[C@@H]3C. The predicted molar refractivity (Wildman–Crippen MR) is 102 cm³/mol. The van der Waals surface area contributed by atoms with Gasteiger partial charge in [-0.1, -0.05) is 13.8 Å². The minimum Gasteiger partial charge on any atom is -0.379 e. The van der Waals surface area contributed by atoms with Gasteiger partial charge < -0.3 is 27.6 Å². The van der Waals surface area contributed by atoms with Crippen LogP contribution in [0.4, 0.5) is 0 Å².